The van der Waals surface area contributed by atoms with Crippen LogP contribution in [0.15, 0.2) is 0 Å². The number of hydrogen-bond acceptors (Lipinski definition) is 1. The van der Waals surface area contributed by atoms with E-state index in [1.54, 1.807) is 0 Å². The lowest BCUT2D eigenvalue weighted by atomic mass is 9.58. The molecule has 1 rings (SSSR count). The van der Waals surface area contributed by atoms with Gasteiger partial charge in [0, 0.05) is 5.54 Å². The number of rotatable bonds is 7. The first-order chi connectivity index (χ1) is 8.89. The van der Waals surface area contributed by atoms with Crippen LogP contribution >= 0.6 is 0 Å². The van der Waals surface area contributed by atoms with Crippen LogP contribution in [-0.2, 0) is 0 Å². The van der Waals surface area contributed by atoms with Crippen LogP contribution in [0.2, 0.25) is 11.6 Å². The lowest BCUT2D eigenvalue weighted by Gasteiger charge is -2.46. The summed E-state index contributed by atoms with van der Waals surface area (Å²) in [7, 11) is 24.6. The van der Waals surface area contributed by atoms with Gasteiger partial charge >= 0.3 is 0 Å². The van der Waals surface area contributed by atoms with Gasteiger partial charge in [0.15, 0.2) is 0 Å². The van der Waals surface area contributed by atoms with E-state index >= 15 is 0 Å². The van der Waals surface area contributed by atoms with E-state index in [0.717, 1.165) is 12.8 Å². The molecular formula is C14H25B4N. The van der Waals surface area contributed by atoms with Gasteiger partial charge in [0.1, 0.15) is 0 Å². The van der Waals surface area contributed by atoms with E-state index in [9.17, 15) is 0 Å². The molecular weight excluding hydrogens is 225 g/mol. The van der Waals surface area contributed by atoms with Crippen LogP contribution in [0, 0.1) is 0 Å². The standard InChI is InChI=1S/C14H25B4N/c1-4-6-7-8-9-14(3,5-2)19-12(17)10(15)11(16)13(19)18/h10-13H,4-9H2,1-3H3. The molecule has 1 nitrogen and oxygen atoms in total. The molecule has 5 unspecified atom stereocenters. The van der Waals surface area contributed by atoms with Crippen molar-refractivity contribution in [3.8, 4) is 0 Å². The van der Waals surface area contributed by atoms with Gasteiger partial charge in [0.2, 0.25) is 0 Å². The van der Waals surface area contributed by atoms with Crippen LogP contribution < -0.4 is 0 Å². The Hall–Kier alpha value is 0.220. The summed E-state index contributed by atoms with van der Waals surface area (Å²) >= 11 is 0. The van der Waals surface area contributed by atoms with Crippen LogP contribution in [0.5, 0.6) is 0 Å². The van der Waals surface area contributed by atoms with Crippen molar-refractivity contribution in [1.29, 1.82) is 0 Å². The number of likely N-dealkylation sites (tertiary alicyclic amines) is 1. The average molecular weight is 251 g/mol. The van der Waals surface area contributed by atoms with Crippen molar-refractivity contribution in [2.24, 2.45) is 0 Å². The molecule has 8 radical (unpaired) electrons. The Kier molecular flexibility index (Phi) is 6.63. The molecule has 0 aromatic heterocycles. The Labute approximate surface area is 125 Å². The highest BCUT2D eigenvalue weighted by atomic mass is 15.3. The zero-order valence-corrected chi connectivity index (χ0v) is 12.8. The van der Waals surface area contributed by atoms with Crippen molar-refractivity contribution in [2.75, 3.05) is 0 Å². The van der Waals surface area contributed by atoms with Gasteiger partial charge in [-0.25, -0.2) is 0 Å². The quantitative estimate of drug-likeness (QED) is 0.495. The fraction of sp³-hybridized carbons (Fsp3) is 1.00. The summed E-state index contributed by atoms with van der Waals surface area (Å²) in [5.41, 5.74) is -0.00167. The fourth-order valence-electron chi connectivity index (χ4n) is 3.17. The maximum atomic E-state index is 6.24. The van der Waals surface area contributed by atoms with Crippen molar-refractivity contribution in [1.82, 2.24) is 4.90 Å². The van der Waals surface area contributed by atoms with Crippen LogP contribution in [-0.4, -0.2) is 53.7 Å². The molecule has 1 fully saturated rings. The highest BCUT2D eigenvalue weighted by molar-refractivity contribution is 6.31. The molecule has 0 N–H and O–H groups in total. The van der Waals surface area contributed by atoms with Gasteiger partial charge < -0.3 is 4.90 Å². The van der Waals surface area contributed by atoms with E-state index < -0.39 is 0 Å². The first-order valence-electron chi connectivity index (χ1n) is 7.69. The van der Waals surface area contributed by atoms with Crippen LogP contribution in [0.25, 0.3) is 0 Å². The largest absolute Gasteiger partial charge is 0.310 e. The second-order valence-corrected chi connectivity index (χ2v) is 6.20. The van der Waals surface area contributed by atoms with Crippen molar-refractivity contribution in [3.63, 3.8) is 0 Å². The molecule has 0 aromatic carbocycles. The molecule has 0 aliphatic carbocycles. The predicted octanol–water partition coefficient (Wildman–Crippen LogP) is 2.34. The van der Waals surface area contributed by atoms with Crippen molar-refractivity contribution < 1.29 is 0 Å². The SMILES string of the molecule is [B]C1C([B])C([B])N(C(C)(CC)CCCCCC)C1[B]. The Morgan fingerprint density at radius 3 is 1.84 bits per heavy atom. The molecule has 5 heteroatoms. The van der Waals surface area contributed by atoms with E-state index in [4.69, 9.17) is 31.4 Å². The molecule has 0 amide bonds. The summed E-state index contributed by atoms with van der Waals surface area (Å²) in [6.45, 7) is 6.65. The summed E-state index contributed by atoms with van der Waals surface area (Å²) < 4.78 is 0. The van der Waals surface area contributed by atoms with Crippen molar-refractivity contribution >= 4 is 31.4 Å². The van der Waals surface area contributed by atoms with Crippen LogP contribution in [0.4, 0.5) is 0 Å². The second kappa shape index (κ2) is 7.29. The third-order valence-electron chi connectivity index (χ3n) is 4.83. The zero-order chi connectivity index (χ0) is 14.6. The third kappa shape index (κ3) is 3.65. The monoisotopic (exact) mass is 251 g/mol. The first kappa shape index (κ1) is 17.3. The maximum absolute atomic E-state index is 6.24. The fourth-order valence-corrected chi connectivity index (χ4v) is 3.17. The van der Waals surface area contributed by atoms with E-state index in [2.05, 4.69) is 25.7 Å². The normalized spacial score (nSPS) is 35.3. The molecule has 1 heterocycles. The number of unbranched alkanes of at least 4 members (excludes halogenated alkanes) is 3. The minimum atomic E-state index is -0.239. The summed E-state index contributed by atoms with van der Waals surface area (Å²) in [5, 5.41) is 0. The van der Waals surface area contributed by atoms with E-state index in [1.807, 2.05) is 0 Å². The average Bonchev–Trinajstić information content (AvgIpc) is 2.59. The smallest absolute Gasteiger partial charge is 0.0903 e. The second-order valence-electron chi connectivity index (χ2n) is 6.20. The minimum Gasteiger partial charge on any atom is -0.310 e. The van der Waals surface area contributed by atoms with Gasteiger partial charge in [-0.15, -0.1) is 0 Å². The molecule has 5 atom stereocenters. The Balaban J connectivity index is 2.71. The Bertz CT molecular complexity index is 262. The maximum Gasteiger partial charge on any atom is 0.0903 e. The van der Waals surface area contributed by atoms with Crippen molar-refractivity contribution in [2.45, 2.75) is 88.4 Å². The van der Waals surface area contributed by atoms with Gasteiger partial charge in [-0.1, -0.05) is 51.2 Å². The Morgan fingerprint density at radius 1 is 0.895 bits per heavy atom. The summed E-state index contributed by atoms with van der Waals surface area (Å²) in [6.07, 6.45) is 7.13. The molecule has 1 saturated heterocycles. The molecule has 0 bridgehead atoms. The predicted molar refractivity (Wildman–Crippen MR) is 87.4 cm³/mol. The molecule has 1 aliphatic rings. The summed E-state index contributed by atoms with van der Waals surface area (Å²) in [5.74, 6) is -0.949. The molecule has 98 valence electrons. The lowest BCUT2D eigenvalue weighted by Crippen LogP contribution is -2.53. The van der Waals surface area contributed by atoms with Gasteiger partial charge in [-0.3, -0.25) is 0 Å². The van der Waals surface area contributed by atoms with Crippen LogP contribution in [0.3, 0.4) is 0 Å². The molecule has 0 saturated carbocycles. The van der Waals surface area contributed by atoms with Crippen LogP contribution in [0.1, 0.15) is 59.3 Å². The lowest BCUT2D eigenvalue weighted by molar-refractivity contribution is 0.0883. The van der Waals surface area contributed by atoms with Gasteiger partial charge in [-0.05, 0) is 31.6 Å². The number of nitrogens with zero attached hydrogens (tertiary/aromatic N) is 1. The molecule has 19 heavy (non-hydrogen) atoms. The van der Waals surface area contributed by atoms with E-state index in [0.29, 0.717) is 0 Å². The first-order valence-corrected chi connectivity index (χ1v) is 7.69. The summed E-state index contributed by atoms with van der Waals surface area (Å²) in [6, 6.07) is 0. The highest BCUT2D eigenvalue weighted by Crippen LogP contribution is 2.44. The minimum absolute atomic E-state index is 0.00167. The third-order valence-corrected chi connectivity index (χ3v) is 4.83. The number of hydrogen-bond donors (Lipinski definition) is 0. The zero-order valence-electron chi connectivity index (χ0n) is 12.8. The molecule has 1 aliphatic heterocycles. The van der Waals surface area contributed by atoms with Gasteiger partial charge in [-0.2, -0.15) is 0 Å². The summed E-state index contributed by atoms with van der Waals surface area (Å²) in [4.78, 5) is 2.16. The molecule has 0 aromatic rings. The van der Waals surface area contributed by atoms with Crippen molar-refractivity contribution in [3.05, 3.63) is 0 Å². The highest BCUT2D eigenvalue weighted by Gasteiger charge is 2.45. The topological polar surface area (TPSA) is 3.24 Å². The molecule has 0 spiro atoms. The Morgan fingerprint density at radius 2 is 1.42 bits per heavy atom. The van der Waals surface area contributed by atoms with E-state index in [-0.39, 0.29) is 29.1 Å². The van der Waals surface area contributed by atoms with Gasteiger partial charge in [0.25, 0.3) is 0 Å². The van der Waals surface area contributed by atoms with Gasteiger partial charge in [0.05, 0.1) is 31.4 Å². The van der Waals surface area contributed by atoms with E-state index in [1.165, 1.54) is 25.7 Å².